The molecule has 5 heteroatoms. The van der Waals surface area contributed by atoms with Crippen LogP contribution in [-0.4, -0.2) is 22.1 Å². The fraction of sp³-hybridized carbons (Fsp3) is 0.250. The minimum atomic E-state index is 0.260. The predicted octanol–water partition coefficient (Wildman–Crippen LogP) is 1.36. The monoisotopic (exact) mass is 230 g/mol. The Hall–Kier alpha value is -2.17. The lowest BCUT2D eigenvalue weighted by Crippen LogP contribution is -2.05. The van der Waals surface area contributed by atoms with Crippen LogP contribution in [0.3, 0.4) is 0 Å². The van der Waals surface area contributed by atoms with Gasteiger partial charge in [0, 0.05) is 6.42 Å². The van der Waals surface area contributed by atoms with Gasteiger partial charge in [-0.2, -0.15) is 9.97 Å². The summed E-state index contributed by atoms with van der Waals surface area (Å²) in [6, 6.07) is 7.79. The average Bonchev–Trinajstić information content (AvgIpc) is 2.28. The van der Waals surface area contributed by atoms with E-state index in [1.807, 2.05) is 24.3 Å². The minimum absolute atomic E-state index is 0.260. The molecule has 0 aliphatic rings. The normalized spacial score (nSPS) is 10.2. The van der Waals surface area contributed by atoms with E-state index in [0.29, 0.717) is 18.1 Å². The van der Waals surface area contributed by atoms with Crippen LogP contribution in [0, 0.1) is 6.92 Å². The number of methoxy groups -OCH3 is 1. The van der Waals surface area contributed by atoms with E-state index in [1.165, 1.54) is 0 Å². The Bertz CT molecular complexity index is 507. The number of benzene rings is 1. The first-order valence-electron chi connectivity index (χ1n) is 5.27. The Labute approximate surface area is 99.7 Å². The molecule has 0 saturated carbocycles. The lowest BCUT2D eigenvalue weighted by atomic mass is 10.1. The van der Waals surface area contributed by atoms with Gasteiger partial charge in [0.25, 0.3) is 0 Å². The highest BCUT2D eigenvalue weighted by molar-refractivity contribution is 5.30. The molecule has 2 aromatic rings. The van der Waals surface area contributed by atoms with Crippen LogP contribution < -0.4 is 10.5 Å². The third-order valence-electron chi connectivity index (χ3n) is 2.31. The maximum absolute atomic E-state index is 5.58. The first-order chi connectivity index (χ1) is 8.17. The van der Waals surface area contributed by atoms with E-state index in [1.54, 1.807) is 14.0 Å². The first kappa shape index (κ1) is 11.3. The van der Waals surface area contributed by atoms with Gasteiger partial charge in [-0.3, -0.25) is 0 Å². The molecule has 1 heterocycles. The van der Waals surface area contributed by atoms with Crippen LogP contribution in [0.5, 0.6) is 5.75 Å². The average molecular weight is 230 g/mol. The van der Waals surface area contributed by atoms with Gasteiger partial charge in [0.05, 0.1) is 7.11 Å². The zero-order valence-corrected chi connectivity index (χ0v) is 9.84. The van der Waals surface area contributed by atoms with Crippen molar-refractivity contribution in [2.75, 3.05) is 12.8 Å². The third-order valence-corrected chi connectivity index (χ3v) is 2.31. The minimum Gasteiger partial charge on any atom is -0.497 e. The Morgan fingerprint density at radius 1 is 1.24 bits per heavy atom. The van der Waals surface area contributed by atoms with Crippen LogP contribution in [-0.2, 0) is 6.42 Å². The molecular formula is C12H14N4O. The maximum atomic E-state index is 5.58. The largest absolute Gasteiger partial charge is 0.497 e. The molecule has 0 atom stereocenters. The number of anilines is 1. The molecule has 1 aromatic carbocycles. The number of ether oxygens (including phenoxy) is 1. The van der Waals surface area contributed by atoms with Crippen molar-refractivity contribution in [1.29, 1.82) is 0 Å². The number of hydrogen-bond donors (Lipinski definition) is 1. The van der Waals surface area contributed by atoms with E-state index in [4.69, 9.17) is 10.5 Å². The SMILES string of the molecule is COc1cccc(Cc2nc(C)nc(N)n2)c1. The van der Waals surface area contributed by atoms with Crippen molar-refractivity contribution in [3.8, 4) is 5.75 Å². The van der Waals surface area contributed by atoms with Gasteiger partial charge in [0.15, 0.2) is 0 Å². The molecule has 0 bridgehead atoms. The quantitative estimate of drug-likeness (QED) is 0.861. The summed E-state index contributed by atoms with van der Waals surface area (Å²) in [5.74, 6) is 2.38. The molecule has 0 spiro atoms. The Morgan fingerprint density at radius 2 is 2.06 bits per heavy atom. The smallest absolute Gasteiger partial charge is 0.223 e. The Morgan fingerprint density at radius 3 is 2.76 bits per heavy atom. The highest BCUT2D eigenvalue weighted by Gasteiger charge is 2.03. The van der Waals surface area contributed by atoms with Crippen molar-refractivity contribution in [2.45, 2.75) is 13.3 Å². The summed E-state index contributed by atoms with van der Waals surface area (Å²) in [5, 5.41) is 0. The standard InChI is InChI=1S/C12H14N4O/c1-8-14-11(16-12(13)15-8)7-9-4-3-5-10(6-9)17-2/h3-6H,7H2,1-2H3,(H2,13,14,15,16). The first-order valence-corrected chi connectivity index (χ1v) is 5.27. The lowest BCUT2D eigenvalue weighted by molar-refractivity contribution is 0.414. The maximum Gasteiger partial charge on any atom is 0.223 e. The van der Waals surface area contributed by atoms with Gasteiger partial charge >= 0.3 is 0 Å². The fourth-order valence-corrected chi connectivity index (χ4v) is 1.60. The molecule has 5 nitrogen and oxygen atoms in total. The van der Waals surface area contributed by atoms with Gasteiger partial charge in [0.2, 0.25) is 5.95 Å². The fourth-order valence-electron chi connectivity index (χ4n) is 1.60. The molecule has 0 radical (unpaired) electrons. The summed E-state index contributed by atoms with van der Waals surface area (Å²) in [4.78, 5) is 12.3. The van der Waals surface area contributed by atoms with Gasteiger partial charge in [-0.25, -0.2) is 4.98 Å². The summed E-state index contributed by atoms with van der Waals surface area (Å²) in [6.07, 6.45) is 0.616. The highest BCUT2D eigenvalue weighted by atomic mass is 16.5. The topological polar surface area (TPSA) is 73.9 Å². The van der Waals surface area contributed by atoms with Crippen molar-refractivity contribution < 1.29 is 4.74 Å². The van der Waals surface area contributed by atoms with Gasteiger partial charge in [-0.15, -0.1) is 0 Å². The number of nitrogen functional groups attached to an aromatic ring is 1. The Balaban J connectivity index is 2.24. The molecule has 0 saturated heterocycles. The van der Waals surface area contributed by atoms with Crippen LogP contribution in [0.4, 0.5) is 5.95 Å². The van der Waals surface area contributed by atoms with Crippen LogP contribution in [0.15, 0.2) is 24.3 Å². The predicted molar refractivity (Wildman–Crippen MR) is 64.8 cm³/mol. The second kappa shape index (κ2) is 4.78. The van der Waals surface area contributed by atoms with E-state index in [0.717, 1.165) is 11.3 Å². The molecule has 0 amide bonds. The third kappa shape index (κ3) is 2.90. The second-order valence-corrected chi connectivity index (χ2v) is 3.69. The second-order valence-electron chi connectivity index (χ2n) is 3.69. The van der Waals surface area contributed by atoms with Crippen molar-refractivity contribution in [3.63, 3.8) is 0 Å². The van der Waals surface area contributed by atoms with E-state index < -0.39 is 0 Å². The van der Waals surface area contributed by atoms with E-state index in [9.17, 15) is 0 Å². The van der Waals surface area contributed by atoms with Crippen LogP contribution >= 0.6 is 0 Å². The number of aryl methyl sites for hydroxylation is 1. The van der Waals surface area contributed by atoms with Crippen LogP contribution in [0.1, 0.15) is 17.2 Å². The van der Waals surface area contributed by atoms with Crippen molar-refractivity contribution in [2.24, 2.45) is 0 Å². The summed E-state index contributed by atoms with van der Waals surface area (Å²) in [6.45, 7) is 1.80. The van der Waals surface area contributed by atoms with Crippen molar-refractivity contribution in [1.82, 2.24) is 15.0 Å². The van der Waals surface area contributed by atoms with Crippen molar-refractivity contribution >= 4 is 5.95 Å². The summed E-state index contributed by atoms with van der Waals surface area (Å²) >= 11 is 0. The zero-order valence-electron chi connectivity index (χ0n) is 9.84. The molecule has 2 rings (SSSR count). The summed E-state index contributed by atoms with van der Waals surface area (Å²) < 4.78 is 5.16. The van der Waals surface area contributed by atoms with Crippen LogP contribution in [0.25, 0.3) is 0 Å². The number of aromatic nitrogens is 3. The van der Waals surface area contributed by atoms with E-state index in [2.05, 4.69) is 15.0 Å². The van der Waals surface area contributed by atoms with Gasteiger partial charge in [-0.1, -0.05) is 12.1 Å². The molecule has 2 N–H and O–H groups in total. The molecule has 1 aromatic heterocycles. The molecule has 0 fully saturated rings. The number of nitrogens with zero attached hydrogens (tertiary/aromatic N) is 3. The highest BCUT2D eigenvalue weighted by Crippen LogP contribution is 2.14. The zero-order chi connectivity index (χ0) is 12.3. The molecule has 0 aliphatic carbocycles. The molecule has 88 valence electrons. The number of rotatable bonds is 3. The van der Waals surface area contributed by atoms with Crippen molar-refractivity contribution in [3.05, 3.63) is 41.5 Å². The lowest BCUT2D eigenvalue weighted by Gasteiger charge is -2.04. The number of hydrogen-bond acceptors (Lipinski definition) is 5. The molecule has 0 unspecified atom stereocenters. The summed E-state index contributed by atoms with van der Waals surface area (Å²) in [7, 11) is 1.64. The molecule has 17 heavy (non-hydrogen) atoms. The van der Waals surface area contributed by atoms with Crippen LogP contribution in [0.2, 0.25) is 0 Å². The van der Waals surface area contributed by atoms with E-state index >= 15 is 0 Å². The molecule has 0 aliphatic heterocycles. The summed E-state index contributed by atoms with van der Waals surface area (Å²) in [5.41, 5.74) is 6.66. The van der Waals surface area contributed by atoms with Gasteiger partial charge in [-0.05, 0) is 24.6 Å². The van der Waals surface area contributed by atoms with Gasteiger partial charge < -0.3 is 10.5 Å². The Kier molecular flexibility index (Phi) is 3.18. The molecular weight excluding hydrogens is 216 g/mol. The number of nitrogens with two attached hydrogens (primary N) is 1. The van der Waals surface area contributed by atoms with Gasteiger partial charge in [0.1, 0.15) is 17.4 Å². The van der Waals surface area contributed by atoms with E-state index in [-0.39, 0.29) is 5.95 Å².